The molecule has 168 valence electrons. The van der Waals surface area contributed by atoms with Crippen molar-refractivity contribution in [2.24, 2.45) is 5.92 Å². The summed E-state index contributed by atoms with van der Waals surface area (Å²) in [5.41, 5.74) is 1.86. The highest BCUT2D eigenvalue weighted by Crippen LogP contribution is 2.34. The maximum absolute atomic E-state index is 14.0. The second-order valence-electron chi connectivity index (χ2n) is 8.39. The number of anilines is 2. The summed E-state index contributed by atoms with van der Waals surface area (Å²) in [6.07, 6.45) is 1.36. The summed E-state index contributed by atoms with van der Waals surface area (Å²) in [5.74, 6) is 1.11. The molecule has 0 saturated heterocycles. The van der Waals surface area contributed by atoms with Gasteiger partial charge in [0, 0.05) is 30.8 Å². The molecule has 0 spiro atoms. The summed E-state index contributed by atoms with van der Waals surface area (Å²) in [5, 5.41) is 3.29. The van der Waals surface area contributed by atoms with Crippen LogP contribution in [-0.2, 0) is 17.9 Å². The van der Waals surface area contributed by atoms with Gasteiger partial charge in [-0.1, -0.05) is 25.4 Å². The van der Waals surface area contributed by atoms with Gasteiger partial charge in [-0.25, -0.2) is 13.8 Å². The number of hydrogen-bond donors (Lipinski definition) is 1. The van der Waals surface area contributed by atoms with Crippen molar-refractivity contribution in [1.29, 1.82) is 0 Å². The van der Waals surface area contributed by atoms with Crippen molar-refractivity contribution in [2.45, 2.75) is 39.8 Å². The molecule has 3 aromatic rings. The average molecular weight is 459 g/mol. The van der Waals surface area contributed by atoms with E-state index in [2.05, 4.69) is 19.2 Å². The summed E-state index contributed by atoms with van der Waals surface area (Å²) in [7, 11) is 0. The number of imidazole rings is 1. The molecule has 4 rings (SSSR count). The van der Waals surface area contributed by atoms with Crippen LogP contribution < -0.4 is 5.32 Å². The lowest BCUT2D eigenvalue weighted by Gasteiger charge is -2.29. The van der Waals surface area contributed by atoms with Gasteiger partial charge in [0.25, 0.3) is 0 Å². The van der Waals surface area contributed by atoms with Gasteiger partial charge < -0.3 is 14.8 Å². The number of hydrogen-bond acceptors (Lipinski definition) is 3. The highest BCUT2D eigenvalue weighted by molar-refractivity contribution is 6.30. The fraction of sp³-hybridized carbons (Fsp3) is 0.333. The Morgan fingerprint density at radius 1 is 1.16 bits per heavy atom. The molecule has 0 bridgehead atoms. The molecule has 1 amide bonds. The maximum Gasteiger partial charge on any atom is 0.223 e. The van der Waals surface area contributed by atoms with Crippen molar-refractivity contribution in [1.82, 2.24) is 14.5 Å². The predicted molar refractivity (Wildman–Crippen MR) is 122 cm³/mol. The van der Waals surface area contributed by atoms with Crippen molar-refractivity contribution in [3.8, 4) is 11.3 Å². The van der Waals surface area contributed by atoms with Gasteiger partial charge in [0.15, 0.2) is 0 Å². The van der Waals surface area contributed by atoms with Gasteiger partial charge in [0.05, 0.1) is 11.6 Å². The van der Waals surface area contributed by atoms with Crippen LogP contribution >= 0.6 is 11.6 Å². The number of carbonyl (C=O) groups is 1. The first-order chi connectivity index (χ1) is 15.3. The molecule has 2 aromatic carbocycles. The van der Waals surface area contributed by atoms with Gasteiger partial charge >= 0.3 is 0 Å². The van der Waals surface area contributed by atoms with Crippen LogP contribution in [0.3, 0.4) is 0 Å². The maximum atomic E-state index is 14.0. The van der Waals surface area contributed by atoms with Gasteiger partial charge in [-0.15, -0.1) is 0 Å². The smallest absolute Gasteiger partial charge is 0.223 e. The standard InChI is InChI=1S/C24H25ClF2N4O/c1-15(2)3-10-22(32)30-11-12-31-21(14-30)29-23(16-4-6-17(26)7-5-16)24(31)28-18-8-9-19(25)20(27)13-18/h4-9,13,15,28H,3,10-12,14H2,1-2H3. The molecular formula is C24H25ClF2N4O. The fourth-order valence-corrected chi connectivity index (χ4v) is 3.88. The Hall–Kier alpha value is -2.93. The van der Waals surface area contributed by atoms with Crippen molar-refractivity contribution in [3.63, 3.8) is 0 Å². The molecule has 1 aliphatic rings. The number of fused-ring (bicyclic) bond motifs is 1. The minimum absolute atomic E-state index is 0.0418. The van der Waals surface area contributed by atoms with E-state index in [1.165, 1.54) is 24.3 Å². The third-order valence-electron chi connectivity index (χ3n) is 5.56. The van der Waals surface area contributed by atoms with Crippen LogP contribution in [0.2, 0.25) is 5.02 Å². The normalized spacial score (nSPS) is 13.4. The predicted octanol–water partition coefficient (Wildman–Crippen LogP) is 6.00. The second kappa shape index (κ2) is 9.28. The topological polar surface area (TPSA) is 50.2 Å². The number of nitrogens with zero attached hydrogens (tertiary/aromatic N) is 3. The number of aromatic nitrogens is 2. The number of benzene rings is 2. The van der Waals surface area contributed by atoms with E-state index in [-0.39, 0.29) is 16.7 Å². The molecule has 1 aromatic heterocycles. The van der Waals surface area contributed by atoms with Crippen LogP contribution in [0.25, 0.3) is 11.3 Å². The first kappa shape index (κ1) is 22.3. The SMILES string of the molecule is CC(C)CCC(=O)N1CCn2c(nc(-c3ccc(F)cc3)c2Nc2ccc(Cl)c(F)c2)C1. The minimum Gasteiger partial charge on any atom is -0.340 e. The average Bonchev–Trinajstić information content (AvgIpc) is 3.12. The van der Waals surface area contributed by atoms with Gasteiger partial charge in [0.2, 0.25) is 5.91 Å². The van der Waals surface area contributed by atoms with Crippen LogP contribution in [0.4, 0.5) is 20.3 Å². The van der Waals surface area contributed by atoms with E-state index in [1.807, 2.05) is 9.47 Å². The molecule has 5 nitrogen and oxygen atoms in total. The van der Waals surface area contributed by atoms with Crippen LogP contribution in [0.5, 0.6) is 0 Å². The van der Waals surface area contributed by atoms with Crippen LogP contribution in [0.15, 0.2) is 42.5 Å². The highest BCUT2D eigenvalue weighted by Gasteiger charge is 2.27. The minimum atomic E-state index is -0.527. The summed E-state index contributed by atoms with van der Waals surface area (Å²) in [6.45, 7) is 5.70. The van der Waals surface area contributed by atoms with Crippen LogP contribution in [-0.4, -0.2) is 26.9 Å². The quantitative estimate of drug-likeness (QED) is 0.492. The molecule has 1 N–H and O–H groups in total. The van der Waals surface area contributed by atoms with E-state index < -0.39 is 5.82 Å². The second-order valence-corrected chi connectivity index (χ2v) is 8.79. The summed E-state index contributed by atoms with van der Waals surface area (Å²) in [4.78, 5) is 19.3. The van der Waals surface area contributed by atoms with Crippen LogP contribution in [0, 0.1) is 17.6 Å². The zero-order chi connectivity index (χ0) is 22.8. The van der Waals surface area contributed by atoms with Gasteiger partial charge in [-0.2, -0.15) is 0 Å². The van der Waals surface area contributed by atoms with E-state index in [0.717, 1.165) is 17.8 Å². The Morgan fingerprint density at radius 3 is 2.59 bits per heavy atom. The van der Waals surface area contributed by atoms with Crippen molar-refractivity contribution in [2.75, 3.05) is 11.9 Å². The van der Waals surface area contributed by atoms with Crippen molar-refractivity contribution >= 4 is 29.0 Å². The fourth-order valence-electron chi connectivity index (χ4n) is 3.76. The first-order valence-electron chi connectivity index (χ1n) is 10.7. The van der Waals surface area contributed by atoms with E-state index in [4.69, 9.17) is 16.6 Å². The summed E-state index contributed by atoms with van der Waals surface area (Å²) < 4.78 is 29.5. The molecule has 0 unspecified atom stereocenters. The summed E-state index contributed by atoms with van der Waals surface area (Å²) in [6, 6.07) is 10.6. The lowest BCUT2D eigenvalue weighted by molar-refractivity contribution is -0.133. The Labute approximate surface area is 191 Å². The molecule has 32 heavy (non-hydrogen) atoms. The van der Waals surface area contributed by atoms with Crippen molar-refractivity contribution < 1.29 is 13.6 Å². The molecule has 1 aliphatic heterocycles. The third-order valence-corrected chi connectivity index (χ3v) is 5.87. The molecule has 0 radical (unpaired) electrons. The lowest BCUT2D eigenvalue weighted by Crippen LogP contribution is -2.38. The van der Waals surface area contributed by atoms with Gasteiger partial charge in [0.1, 0.15) is 29.0 Å². The highest BCUT2D eigenvalue weighted by atomic mass is 35.5. The number of nitrogens with one attached hydrogen (secondary N) is 1. The largest absolute Gasteiger partial charge is 0.340 e. The van der Waals surface area contributed by atoms with E-state index >= 15 is 0 Å². The monoisotopic (exact) mass is 458 g/mol. The lowest BCUT2D eigenvalue weighted by atomic mass is 10.1. The Morgan fingerprint density at radius 2 is 1.91 bits per heavy atom. The van der Waals surface area contributed by atoms with Crippen LogP contribution in [0.1, 0.15) is 32.5 Å². The number of amides is 1. The molecule has 8 heteroatoms. The Balaban J connectivity index is 1.68. The first-order valence-corrected chi connectivity index (χ1v) is 11.0. The van der Waals surface area contributed by atoms with Gasteiger partial charge in [-0.05, 0) is 54.8 Å². The molecule has 0 saturated carbocycles. The molecule has 0 fully saturated rings. The van der Waals surface area contributed by atoms with E-state index in [1.54, 1.807) is 18.2 Å². The number of carbonyl (C=O) groups excluding carboxylic acids is 1. The molecular weight excluding hydrogens is 434 g/mol. The summed E-state index contributed by atoms with van der Waals surface area (Å²) >= 11 is 5.82. The third kappa shape index (κ3) is 4.78. The molecule has 0 atom stereocenters. The van der Waals surface area contributed by atoms with E-state index in [0.29, 0.717) is 49.2 Å². The Kier molecular flexibility index (Phi) is 6.46. The number of rotatable bonds is 6. The number of halogens is 3. The Bertz CT molecular complexity index is 1130. The van der Waals surface area contributed by atoms with Gasteiger partial charge in [-0.3, -0.25) is 4.79 Å². The van der Waals surface area contributed by atoms with Crippen molar-refractivity contribution in [3.05, 3.63) is 64.9 Å². The zero-order valence-electron chi connectivity index (χ0n) is 18.0. The molecule has 2 heterocycles. The molecule has 0 aliphatic carbocycles. The van der Waals surface area contributed by atoms with E-state index in [9.17, 15) is 13.6 Å². The zero-order valence-corrected chi connectivity index (χ0v) is 18.8.